The standard InChI is InChI=1S/C10H6ClFN2OS/c11-7-3-4-16-9(7)10(15)14-6-1-2-8(12)13-5-6/h1-5H,(H,14,15). The number of thiophene rings is 1. The van der Waals surface area contributed by atoms with Crippen molar-refractivity contribution >= 4 is 34.5 Å². The van der Waals surface area contributed by atoms with Crippen LogP contribution in [-0.4, -0.2) is 10.9 Å². The summed E-state index contributed by atoms with van der Waals surface area (Å²) in [5, 5.41) is 4.69. The lowest BCUT2D eigenvalue weighted by atomic mass is 10.4. The Hall–Kier alpha value is -1.46. The molecule has 1 amide bonds. The van der Waals surface area contributed by atoms with E-state index in [9.17, 15) is 9.18 Å². The molecule has 0 atom stereocenters. The number of pyridine rings is 1. The number of hydrogen-bond donors (Lipinski definition) is 1. The normalized spacial score (nSPS) is 10.1. The van der Waals surface area contributed by atoms with Crippen LogP contribution in [0.2, 0.25) is 5.02 Å². The Bertz CT molecular complexity index is 512. The van der Waals surface area contributed by atoms with Crippen LogP contribution in [0, 0.1) is 5.95 Å². The third-order valence-corrected chi connectivity index (χ3v) is 3.15. The average Bonchev–Trinajstić information content (AvgIpc) is 2.68. The van der Waals surface area contributed by atoms with Crippen molar-refractivity contribution < 1.29 is 9.18 Å². The maximum absolute atomic E-state index is 12.5. The number of nitrogens with one attached hydrogen (secondary N) is 1. The van der Waals surface area contributed by atoms with Crippen molar-refractivity contribution in [2.75, 3.05) is 5.32 Å². The van der Waals surface area contributed by atoms with E-state index < -0.39 is 5.95 Å². The van der Waals surface area contributed by atoms with Gasteiger partial charge in [-0.05, 0) is 23.6 Å². The summed E-state index contributed by atoms with van der Waals surface area (Å²) in [6.07, 6.45) is 1.24. The molecule has 2 aromatic heterocycles. The number of halogens is 2. The Morgan fingerprint density at radius 3 is 2.81 bits per heavy atom. The molecule has 2 aromatic rings. The van der Waals surface area contributed by atoms with Gasteiger partial charge in [0.15, 0.2) is 0 Å². The summed E-state index contributed by atoms with van der Waals surface area (Å²) in [6.45, 7) is 0. The summed E-state index contributed by atoms with van der Waals surface area (Å²) in [5.41, 5.74) is 0.427. The molecule has 0 bridgehead atoms. The topological polar surface area (TPSA) is 42.0 Å². The molecule has 82 valence electrons. The van der Waals surface area contributed by atoms with Gasteiger partial charge in [-0.3, -0.25) is 4.79 Å². The molecule has 0 spiro atoms. The predicted octanol–water partition coefficient (Wildman–Crippen LogP) is 3.19. The molecule has 0 saturated carbocycles. The van der Waals surface area contributed by atoms with Gasteiger partial charge in [0.1, 0.15) is 4.88 Å². The zero-order valence-corrected chi connectivity index (χ0v) is 9.48. The molecule has 0 aliphatic heterocycles. The van der Waals surface area contributed by atoms with Crippen molar-refractivity contribution in [1.29, 1.82) is 0 Å². The minimum absolute atomic E-state index is 0.326. The van der Waals surface area contributed by atoms with Gasteiger partial charge in [0, 0.05) is 0 Å². The SMILES string of the molecule is O=C(Nc1ccc(F)nc1)c1sccc1Cl. The van der Waals surface area contributed by atoms with Crippen molar-refractivity contribution in [1.82, 2.24) is 4.98 Å². The Morgan fingerprint density at radius 1 is 1.44 bits per heavy atom. The molecule has 0 aromatic carbocycles. The molecule has 2 rings (SSSR count). The summed E-state index contributed by atoms with van der Waals surface area (Å²) < 4.78 is 12.5. The zero-order valence-electron chi connectivity index (χ0n) is 7.91. The molecule has 16 heavy (non-hydrogen) atoms. The first-order valence-corrected chi connectivity index (χ1v) is 5.58. The Labute approximate surface area is 99.9 Å². The van der Waals surface area contributed by atoms with Gasteiger partial charge in [0.05, 0.1) is 16.9 Å². The first kappa shape index (κ1) is 11.0. The lowest BCUT2D eigenvalue weighted by molar-refractivity contribution is 0.103. The van der Waals surface area contributed by atoms with Gasteiger partial charge < -0.3 is 5.32 Å². The molecule has 6 heteroatoms. The van der Waals surface area contributed by atoms with Crippen molar-refractivity contribution in [2.24, 2.45) is 0 Å². The van der Waals surface area contributed by atoms with E-state index in [-0.39, 0.29) is 5.91 Å². The second-order valence-corrected chi connectivity index (χ2v) is 4.24. The van der Waals surface area contributed by atoms with Gasteiger partial charge >= 0.3 is 0 Å². The van der Waals surface area contributed by atoms with Crippen LogP contribution in [0.1, 0.15) is 9.67 Å². The fourth-order valence-electron chi connectivity index (χ4n) is 1.09. The van der Waals surface area contributed by atoms with E-state index in [1.807, 2.05) is 0 Å². The van der Waals surface area contributed by atoms with E-state index in [4.69, 9.17) is 11.6 Å². The molecule has 0 aliphatic rings. The van der Waals surface area contributed by atoms with E-state index in [1.165, 1.54) is 29.7 Å². The van der Waals surface area contributed by atoms with Crippen LogP contribution < -0.4 is 5.32 Å². The molecule has 1 N–H and O–H groups in total. The first-order chi connectivity index (χ1) is 7.66. The van der Waals surface area contributed by atoms with E-state index in [0.29, 0.717) is 15.6 Å². The lowest BCUT2D eigenvalue weighted by Gasteiger charge is -2.02. The average molecular weight is 257 g/mol. The molecule has 0 fully saturated rings. The number of anilines is 1. The predicted molar refractivity (Wildman–Crippen MR) is 61.5 cm³/mol. The highest BCUT2D eigenvalue weighted by Gasteiger charge is 2.11. The quantitative estimate of drug-likeness (QED) is 0.839. The molecule has 3 nitrogen and oxygen atoms in total. The van der Waals surface area contributed by atoms with Gasteiger partial charge in [0.25, 0.3) is 5.91 Å². The number of carbonyl (C=O) groups is 1. The number of hydrogen-bond acceptors (Lipinski definition) is 3. The molecule has 2 heterocycles. The highest BCUT2D eigenvalue weighted by atomic mass is 35.5. The Morgan fingerprint density at radius 2 is 2.25 bits per heavy atom. The largest absolute Gasteiger partial charge is 0.320 e. The molecular weight excluding hydrogens is 251 g/mol. The van der Waals surface area contributed by atoms with Crippen LogP contribution in [0.3, 0.4) is 0 Å². The summed E-state index contributed by atoms with van der Waals surface area (Å²) in [5.74, 6) is -0.916. The summed E-state index contributed by atoms with van der Waals surface area (Å²) in [7, 11) is 0. The fourth-order valence-corrected chi connectivity index (χ4v) is 2.13. The smallest absolute Gasteiger partial charge is 0.267 e. The minimum atomic E-state index is -0.591. The van der Waals surface area contributed by atoms with Crippen LogP contribution in [0.5, 0.6) is 0 Å². The highest BCUT2D eigenvalue weighted by Crippen LogP contribution is 2.22. The second kappa shape index (κ2) is 4.59. The number of aromatic nitrogens is 1. The molecule has 0 aliphatic carbocycles. The van der Waals surface area contributed by atoms with Crippen molar-refractivity contribution in [3.63, 3.8) is 0 Å². The van der Waals surface area contributed by atoms with Crippen LogP contribution in [0.25, 0.3) is 0 Å². The van der Waals surface area contributed by atoms with Crippen molar-refractivity contribution in [2.45, 2.75) is 0 Å². The highest BCUT2D eigenvalue weighted by molar-refractivity contribution is 7.12. The fraction of sp³-hybridized carbons (Fsp3) is 0. The zero-order chi connectivity index (χ0) is 11.5. The van der Waals surface area contributed by atoms with E-state index in [1.54, 1.807) is 11.4 Å². The van der Waals surface area contributed by atoms with Crippen molar-refractivity contribution in [3.05, 3.63) is 45.6 Å². The van der Waals surface area contributed by atoms with Gasteiger partial charge in [-0.2, -0.15) is 4.39 Å². The monoisotopic (exact) mass is 256 g/mol. The maximum atomic E-state index is 12.5. The van der Waals surface area contributed by atoms with Crippen LogP contribution >= 0.6 is 22.9 Å². The Balaban J connectivity index is 2.14. The van der Waals surface area contributed by atoms with E-state index >= 15 is 0 Å². The van der Waals surface area contributed by atoms with E-state index in [0.717, 1.165) is 0 Å². The minimum Gasteiger partial charge on any atom is -0.320 e. The van der Waals surface area contributed by atoms with Crippen LogP contribution in [0.15, 0.2) is 29.8 Å². The summed E-state index contributed by atoms with van der Waals surface area (Å²) in [4.78, 5) is 15.5. The van der Waals surface area contributed by atoms with E-state index in [2.05, 4.69) is 10.3 Å². The van der Waals surface area contributed by atoms with Crippen LogP contribution in [0.4, 0.5) is 10.1 Å². The van der Waals surface area contributed by atoms with Crippen LogP contribution in [-0.2, 0) is 0 Å². The molecule has 0 radical (unpaired) electrons. The Kier molecular flexibility index (Phi) is 3.17. The summed E-state index contributed by atoms with van der Waals surface area (Å²) >= 11 is 7.04. The van der Waals surface area contributed by atoms with Crippen molar-refractivity contribution in [3.8, 4) is 0 Å². The van der Waals surface area contributed by atoms with Gasteiger partial charge in [-0.1, -0.05) is 11.6 Å². The second-order valence-electron chi connectivity index (χ2n) is 2.92. The third-order valence-electron chi connectivity index (χ3n) is 1.81. The number of rotatable bonds is 2. The molecule has 0 unspecified atom stereocenters. The molecular formula is C10H6ClFN2OS. The lowest BCUT2D eigenvalue weighted by Crippen LogP contribution is -2.10. The molecule has 0 saturated heterocycles. The van der Waals surface area contributed by atoms with Gasteiger partial charge in [-0.15, -0.1) is 11.3 Å². The number of amides is 1. The number of nitrogens with zero attached hydrogens (tertiary/aromatic N) is 1. The maximum Gasteiger partial charge on any atom is 0.267 e. The number of carbonyl (C=O) groups excluding carboxylic acids is 1. The summed E-state index contributed by atoms with van der Waals surface area (Å²) in [6, 6.07) is 4.25. The van der Waals surface area contributed by atoms with Gasteiger partial charge in [-0.25, -0.2) is 4.98 Å². The van der Waals surface area contributed by atoms with Gasteiger partial charge in [0.2, 0.25) is 5.95 Å². The third kappa shape index (κ3) is 2.37. The first-order valence-electron chi connectivity index (χ1n) is 4.33.